The number of rotatable bonds is 5. The highest BCUT2D eigenvalue weighted by Crippen LogP contribution is 2.24. The van der Waals surface area contributed by atoms with E-state index < -0.39 is 12.2 Å². The Morgan fingerprint density at radius 1 is 1.20 bits per heavy atom. The predicted octanol–water partition coefficient (Wildman–Crippen LogP) is 0.556. The third kappa shape index (κ3) is 4.41. The standard InChI is InChI=1S/C18H31N3O4/c1-12-15(13(2)25-19-12)9-21-6-4-14(5-7-21)8-20(3)16-10-24-11-17(22)18(16)23/h14,16-18,22-23H,4-11H2,1-3H3/t16-,17-,18+/m1/s1. The number of hydrogen-bond donors (Lipinski definition) is 2. The highest BCUT2D eigenvalue weighted by molar-refractivity contribution is 5.20. The summed E-state index contributed by atoms with van der Waals surface area (Å²) in [5, 5.41) is 24.0. The average Bonchev–Trinajstić information content (AvgIpc) is 2.91. The van der Waals surface area contributed by atoms with E-state index in [4.69, 9.17) is 9.26 Å². The van der Waals surface area contributed by atoms with Gasteiger partial charge in [0.15, 0.2) is 0 Å². The molecule has 0 amide bonds. The molecular formula is C18H31N3O4. The van der Waals surface area contributed by atoms with Crippen LogP contribution in [-0.2, 0) is 11.3 Å². The van der Waals surface area contributed by atoms with Gasteiger partial charge in [-0.2, -0.15) is 0 Å². The van der Waals surface area contributed by atoms with Crippen LogP contribution in [0.4, 0.5) is 0 Å². The molecule has 3 atom stereocenters. The molecule has 2 aliphatic heterocycles. The van der Waals surface area contributed by atoms with Crippen LogP contribution < -0.4 is 0 Å². The Hall–Kier alpha value is -0.990. The van der Waals surface area contributed by atoms with Crippen LogP contribution in [0.15, 0.2) is 4.52 Å². The number of aliphatic hydroxyl groups excluding tert-OH is 2. The maximum absolute atomic E-state index is 10.2. The van der Waals surface area contributed by atoms with Crippen molar-refractivity contribution in [2.45, 2.75) is 51.5 Å². The second kappa shape index (κ2) is 8.14. The lowest BCUT2D eigenvalue weighted by Gasteiger charge is -2.40. The molecule has 2 N–H and O–H groups in total. The summed E-state index contributed by atoms with van der Waals surface area (Å²) in [6.45, 7) is 8.65. The molecule has 0 unspecified atom stereocenters. The molecule has 2 saturated heterocycles. The van der Waals surface area contributed by atoms with Crippen molar-refractivity contribution in [2.75, 3.05) is 39.9 Å². The van der Waals surface area contributed by atoms with Gasteiger partial charge in [-0.15, -0.1) is 0 Å². The lowest BCUT2D eigenvalue weighted by molar-refractivity contribution is -0.130. The summed E-state index contributed by atoms with van der Waals surface area (Å²) in [7, 11) is 2.02. The minimum absolute atomic E-state index is 0.121. The lowest BCUT2D eigenvalue weighted by atomic mass is 9.94. The van der Waals surface area contributed by atoms with E-state index in [1.165, 1.54) is 5.56 Å². The van der Waals surface area contributed by atoms with Crippen LogP contribution in [-0.4, -0.2) is 83.3 Å². The maximum atomic E-state index is 10.2. The van der Waals surface area contributed by atoms with Crippen molar-refractivity contribution in [2.24, 2.45) is 5.92 Å². The Morgan fingerprint density at radius 3 is 2.56 bits per heavy atom. The van der Waals surface area contributed by atoms with E-state index in [1.54, 1.807) is 0 Å². The summed E-state index contributed by atoms with van der Waals surface area (Å²) in [5.41, 5.74) is 2.20. The highest BCUT2D eigenvalue weighted by Gasteiger charge is 2.35. The Bertz CT molecular complexity index is 537. The van der Waals surface area contributed by atoms with Crippen LogP contribution in [0, 0.1) is 19.8 Å². The summed E-state index contributed by atoms with van der Waals surface area (Å²) in [6, 6.07) is -0.121. The van der Waals surface area contributed by atoms with Gasteiger partial charge in [0.1, 0.15) is 11.9 Å². The lowest BCUT2D eigenvalue weighted by Crippen LogP contribution is -2.56. The van der Waals surface area contributed by atoms with E-state index in [-0.39, 0.29) is 12.6 Å². The monoisotopic (exact) mass is 353 g/mol. The Kier molecular flexibility index (Phi) is 6.12. The van der Waals surface area contributed by atoms with E-state index in [0.717, 1.165) is 50.5 Å². The van der Waals surface area contributed by atoms with Gasteiger partial charge < -0.3 is 19.5 Å². The topological polar surface area (TPSA) is 82.2 Å². The molecule has 7 heteroatoms. The molecule has 0 bridgehead atoms. The Labute approximate surface area is 149 Å². The molecule has 3 rings (SSSR count). The zero-order valence-corrected chi connectivity index (χ0v) is 15.5. The van der Waals surface area contributed by atoms with Crippen LogP contribution in [0.25, 0.3) is 0 Å². The van der Waals surface area contributed by atoms with Gasteiger partial charge in [0, 0.05) is 18.7 Å². The average molecular weight is 353 g/mol. The summed E-state index contributed by atoms with van der Waals surface area (Å²) in [4.78, 5) is 4.62. The molecule has 1 aromatic rings. The van der Waals surface area contributed by atoms with Gasteiger partial charge in [-0.05, 0) is 52.7 Å². The zero-order valence-electron chi connectivity index (χ0n) is 15.5. The fourth-order valence-corrected chi connectivity index (χ4v) is 3.97. The van der Waals surface area contributed by atoms with E-state index in [0.29, 0.717) is 12.5 Å². The van der Waals surface area contributed by atoms with Gasteiger partial charge in [0.05, 0.1) is 31.1 Å². The number of nitrogens with zero attached hydrogens (tertiary/aromatic N) is 3. The molecule has 3 heterocycles. The van der Waals surface area contributed by atoms with Crippen LogP contribution >= 0.6 is 0 Å². The number of likely N-dealkylation sites (N-methyl/N-ethyl adjacent to an activating group) is 1. The summed E-state index contributed by atoms with van der Waals surface area (Å²) < 4.78 is 10.7. The fourth-order valence-electron chi connectivity index (χ4n) is 3.97. The third-order valence-corrected chi connectivity index (χ3v) is 5.75. The van der Waals surface area contributed by atoms with Crippen molar-refractivity contribution in [3.8, 4) is 0 Å². The molecule has 7 nitrogen and oxygen atoms in total. The molecule has 0 aromatic carbocycles. The number of piperidine rings is 1. The molecule has 0 aliphatic carbocycles. The SMILES string of the molecule is Cc1noc(C)c1CN1CCC(CN(C)[C@@H]2COC[C@@H](O)[C@H]2O)CC1. The van der Waals surface area contributed by atoms with Gasteiger partial charge in [-0.3, -0.25) is 9.80 Å². The zero-order chi connectivity index (χ0) is 18.0. The number of aliphatic hydroxyl groups is 2. The minimum atomic E-state index is -0.780. The normalized spacial score (nSPS) is 29.4. The smallest absolute Gasteiger partial charge is 0.138 e. The highest BCUT2D eigenvalue weighted by atomic mass is 16.5. The molecule has 142 valence electrons. The molecule has 0 spiro atoms. The van der Waals surface area contributed by atoms with Crippen molar-refractivity contribution in [3.05, 3.63) is 17.0 Å². The van der Waals surface area contributed by atoms with Crippen LogP contribution in [0.2, 0.25) is 0 Å². The quantitative estimate of drug-likeness (QED) is 0.800. The Balaban J connectivity index is 1.46. The van der Waals surface area contributed by atoms with Crippen LogP contribution in [0.3, 0.4) is 0 Å². The predicted molar refractivity (Wildman–Crippen MR) is 93.2 cm³/mol. The summed E-state index contributed by atoms with van der Waals surface area (Å²) >= 11 is 0. The first-order valence-corrected chi connectivity index (χ1v) is 9.24. The molecule has 25 heavy (non-hydrogen) atoms. The van der Waals surface area contributed by atoms with E-state index in [9.17, 15) is 10.2 Å². The molecule has 1 aromatic heterocycles. The van der Waals surface area contributed by atoms with Gasteiger partial charge >= 0.3 is 0 Å². The van der Waals surface area contributed by atoms with Gasteiger partial charge in [-0.25, -0.2) is 0 Å². The van der Waals surface area contributed by atoms with Gasteiger partial charge in [0.25, 0.3) is 0 Å². The maximum Gasteiger partial charge on any atom is 0.138 e. The van der Waals surface area contributed by atoms with Gasteiger partial charge in [-0.1, -0.05) is 5.16 Å². The van der Waals surface area contributed by atoms with Crippen molar-refractivity contribution < 1.29 is 19.5 Å². The molecule has 2 fully saturated rings. The van der Waals surface area contributed by atoms with Crippen molar-refractivity contribution in [3.63, 3.8) is 0 Å². The Morgan fingerprint density at radius 2 is 1.92 bits per heavy atom. The largest absolute Gasteiger partial charge is 0.389 e. The van der Waals surface area contributed by atoms with Crippen LogP contribution in [0.5, 0.6) is 0 Å². The first-order valence-electron chi connectivity index (χ1n) is 9.24. The molecule has 2 aliphatic rings. The van der Waals surface area contributed by atoms with Gasteiger partial charge in [0.2, 0.25) is 0 Å². The number of likely N-dealkylation sites (tertiary alicyclic amines) is 1. The second-order valence-corrected chi connectivity index (χ2v) is 7.62. The van der Waals surface area contributed by atoms with Crippen LogP contribution in [0.1, 0.15) is 29.9 Å². The number of aromatic nitrogens is 1. The van der Waals surface area contributed by atoms with E-state index in [1.807, 2.05) is 20.9 Å². The minimum Gasteiger partial charge on any atom is -0.389 e. The third-order valence-electron chi connectivity index (χ3n) is 5.75. The van der Waals surface area contributed by atoms with Crippen molar-refractivity contribution in [1.82, 2.24) is 15.0 Å². The van der Waals surface area contributed by atoms with Crippen molar-refractivity contribution >= 4 is 0 Å². The van der Waals surface area contributed by atoms with E-state index >= 15 is 0 Å². The molecule has 0 radical (unpaired) electrons. The molecular weight excluding hydrogens is 322 g/mol. The number of aryl methyl sites for hydroxylation is 2. The first-order chi connectivity index (χ1) is 12.0. The van der Waals surface area contributed by atoms with Crippen molar-refractivity contribution in [1.29, 1.82) is 0 Å². The summed E-state index contributed by atoms with van der Waals surface area (Å²) in [6.07, 6.45) is 0.774. The number of hydrogen-bond acceptors (Lipinski definition) is 7. The first kappa shape index (κ1) is 18.8. The van der Waals surface area contributed by atoms with E-state index in [2.05, 4.69) is 15.0 Å². The number of ether oxygens (including phenoxy) is 1. The fraction of sp³-hybridized carbons (Fsp3) is 0.833. The second-order valence-electron chi connectivity index (χ2n) is 7.62. The summed E-state index contributed by atoms with van der Waals surface area (Å²) in [5.74, 6) is 1.53. The molecule has 0 saturated carbocycles.